The second-order valence-corrected chi connectivity index (χ2v) is 0.460. The van der Waals surface area contributed by atoms with E-state index in [2.05, 4.69) is 0 Å². The summed E-state index contributed by atoms with van der Waals surface area (Å²) in [5.74, 6) is 0. The molecule has 0 saturated carbocycles. The van der Waals surface area contributed by atoms with Gasteiger partial charge >= 0.3 is 0 Å². The Kier molecular flexibility index (Phi) is 1.97. The standard InChI is InChI=1S/C2H2F3/c3-1-2(4)5/h1-2H. The highest BCUT2D eigenvalue weighted by molar-refractivity contribution is 4.44. The number of halogens is 3. The SMILES string of the molecule is F[CH]C(F)F. The van der Waals surface area contributed by atoms with Crippen LogP contribution in [0.5, 0.6) is 0 Å². The van der Waals surface area contributed by atoms with Gasteiger partial charge in [0.15, 0.2) is 6.67 Å². The third kappa shape index (κ3) is 3.79. The van der Waals surface area contributed by atoms with Gasteiger partial charge in [-0.25, -0.2) is 13.2 Å². The molecule has 0 aromatic carbocycles. The Labute approximate surface area is 27.6 Å². The number of hydrogen-bond acceptors (Lipinski definition) is 0. The second kappa shape index (κ2) is 2.05. The van der Waals surface area contributed by atoms with Gasteiger partial charge in [-0.2, -0.15) is 0 Å². The molecule has 3 heteroatoms. The minimum atomic E-state index is -2.91. The molecular weight excluding hydrogens is 81.0 g/mol. The highest BCUT2D eigenvalue weighted by atomic mass is 19.3. The number of rotatable bonds is 1. The minimum absolute atomic E-state index is 0.667. The predicted molar refractivity (Wildman–Crippen MR) is 11.4 cm³/mol. The van der Waals surface area contributed by atoms with E-state index < -0.39 is 13.1 Å². The number of alkyl halides is 2. The van der Waals surface area contributed by atoms with E-state index in [1.54, 1.807) is 0 Å². The van der Waals surface area contributed by atoms with Gasteiger partial charge in [-0.05, 0) is 0 Å². The summed E-state index contributed by atoms with van der Waals surface area (Å²) in [6.45, 7) is -0.667. The molecule has 0 saturated heterocycles. The van der Waals surface area contributed by atoms with Crippen LogP contribution in [0.1, 0.15) is 0 Å². The molecule has 0 aliphatic rings. The van der Waals surface area contributed by atoms with Gasteiger partial charge < -0.3 is 0 Å². The fourth-order valence-corrected chi connectivity index (χ4v) is 0. The van der Waals surface area contributed by atoms with Crippen LogP contribution >= 0.6 is 0 Å². The lowest BCUT2D eigenvalue weighted by Gasteiger charge is -1.77. The molecule has 0 unspecified atom stereocenters. The maximum absolute atomic E-state index is 10.3. The van der Waals surface area contributed by atoms with Crippen LogP contribution in [0, 0.1) is 6.67 Å². The van der Waals surface area contributed by atoms with Crippen LogP contribution < -0.4 is 0 Å². The van der Waals surface area contributed by atoms with E-state index in [9.17, 15) is 13.2 Å². The molecule has 0 bridgehead atoms. The van der Waals surface area contributed by atoms with Crippen molar-refractivity contribution in [3.63, 3.8) is 0 Å². The van der Waals surface area contributed by atoms with Gasteiger partial charge in [0, 0.05) is 0 Å². The van der Waals surface area contributed by atoms with Crippen LogP contribution in [0.2, 0.25) is 0 Å². The molecule has 0 aliphatic carbocycles. The molecule has 0 aromatic heterocycles. The first kappa shape index (κ1) is 4.79. The normalized spacial score (nSPS) is 9.60. The van der Waals surface area contributed by atoms with E-state index in [1.807, 2.05) is 0 Å². The molecule has 0 rings (SSSR count). The average molecular weight is 83.0 g/mol. The zero-order chi connectivity index (χ0) is 4.28. The highest BCUT2D eigenvalue weighted by Crippen LogP contribution is 1.94. The van der Waals surface area contributed by atoms with Gasteiger partial charge in [0.1, 0.15) is 0 Å². The summed E-state index contributed by atoms with van der Waals surface area (Å²) in [4.78, 5) is 0. The van der Waals surface area contributed by atoms with Crippen molar-refractivity contribution in [2.24, 2.45) is 0 Å². The lowest BCUT2D eigenvalue weighted by molar-refractivity contribution is 0.152. The van der Waals surface area contributed by atoms with Crippen molar-refractivity contribution in [3.8, 4) is 0 Å². The molecule has 0 nitrogen and oxygen atoms in total. The van der Waals surface area contributed by atoms with Gasteiger partial charge in [-0.1, -0.05) is 0 Å². The second-order valence-electron chi connectivity index (χ2n) is 0.460. The summed E-state index contributed by atoms with van der Waals surface area (Å²) in [5, 5.41) is 0. The molecule has 0 fully saturated rings. The fourth-order valence-electron chi connectivity index (χ4n) is 0. The first-order valence-corrected chi connectivity index (χ1v) is 0.988. The smallest absolute Gasteiger partial charge is 0.238 e. The molecule has 0 atom stereocenters. The molecule has 0 aliphatic heterocycles. The molecule has 0 aromatic rings. The average Bonchev–Trinajstić information content (AvgIpc) is 1.38. The van der Waals surface area contributed by atoms with Crippen molar-refractivity contribution in [2.75, 3.05) is 0 Å². The zero-order valence-electron chi connectivity index (χ0n) is 2.29. The van der Waals surface area contributed by atoms with Crippen molar-refractivity contribution >= 4 is 0 Å². The van der Waals surface area contributed by atoms with Crippen LogP contribution in [0.25, 0.3) is 0 Å². The molecule has 0 amide bonds. The Morgan fingerprint density at radius 2 is 1.60 bits per heavy atom. The molecule has 1 radical (unpaired) electrons. The molecule has 0 spiro atoms. The molecule has 0 N–H and O–H groups in total. The first-order chi connectivity index (χ1) is 2.27. The Bertz CT molecular complexity index is 18.9. The van der Waals surface area contributed by atoms with Crippen molar-refractivity contribution in [1.29, 1.82) is 0 Å². The molecule has 5 heavy (non-hydrogen) atoms. The van der Waals surface area contributed by atoms with Gasteiger partial charge in [-0.3, -0.25) is 0 Å². The van der Waals surface area contributed by atoms with E-state index in [0.29, 0.717) is 0 Å². The summed E-state index contributed by atoms with van der Waals surface area (Å²) in [7, 11) is 0. The van der Waals surface area contributed by atoms with Crippen LogP contribution in [0.15, 0.2) is 0 Å². The summed E-state index contributed by atoms with van der Waals surface area (Å²) in [6, 6.07) is 0. The van der Waals surface area contributed by atoms with Crippen molar-refractivity contribution in [3.05, 3.63) is 6.67 Å². The Hall–Kier alpha value is -0.210. The zero-order valence-corrected chi connectivity index (χ0v) is 2.29. The Morgan fingerprint density at radius 1 is 1.40 bits per heavy atom. The Morgan fingerprint density at radius 3 is 1.60 bits per heavy atom. The van der Waals surface area contributed by atoms with E-state index in [1.165, 1.54) is 0 Å². The maximum atomic E-state index is 10.3. The quantitative estimate of drug-likeness (QED) is 0.449. The predicted octanol–water partition coefficient (Wildman–Crippen LogP) is 1.38. The van der Waals surface area contributed by atoms with E-state index in [0.717, 1.165) is 0 Å². The van der Waals surface area contributed by atoms with Gasteiger partial charge in [0.25, 0.3) is 6.43 Å². The van der Waals surface area contributed by atoms with Gasteiger partial charge in [-0.15, -0.1) is 0 Å². The largest absolute Gasteiger partial charge is 0.272 e. The first-order valence-electron chi connectivity index (χ1n) is 0.988. The summed E-state index contributed by atoms with van der Waals surface area (Å²) in [5.41, 5.74) is 0. The van der Waals surface area contributed by atoms with E-state index in [4.69, 9.17) is 0 Å². The van der Waals surface area contributed by atoms with Crippen LogP contribution in [-0.2, 0) is 0 Å². The lowest BCUT2D eigenvalue weighted by atomic mass is 10.8. The monoisotopic (exact) mass is 83.0 g/mol. The topological polar surface area (TPSA) is 0 Å². The van der Waals surface area contributed by atoms with E-state index in [-0.39, 0.29) is 0 Å². The van der Waals surface area contributed by atoms with Crippen LogP contribution in [-0.4, -0.2) is 6.43 Å². The van der Waals surface area contributed by atoms with Gasteiger partial charge in [0.2, 0.25) is 0 Å². The summed E-state index contributed by atoms with van der Waals surface area (Å²) < 4.78 is 30.9. The van der Waals surface area contributed by atoms with Crippen molar-refractivity contribution < 1.29 is 13.2 Å². The van der Waals surface area contributed by atoms with Crippen LogP contribution in [0.3, 0.4) is 0 Å². The third-order valence-corrected chi connectivity index (χ3v) is 0.0952. The third-order valence-electron chi connectivity index (χ3n) is 0.0952. The van der Waals surface area contributed by atoms with E-state index >= 15 is 0 Å². The van der Waals surface area contributed by atoms with Crippen molar-refractivity contribution in [1.82, 2.24) is 0 Å². The minimum Gasteiger partial charge on any atom is -0.238 e. The summed E-state index contributed by atoms with van der Waals surface area (Å²) in [6.07, 6.45) is -2.91. The Balaban J connectivity index is 2.54. The van der Waals surface area contributed by atoms with Crippen molar-refractivity contribution in [2.45, 2.75) is 6.43 Å². The summed E-state index contributed by atoms with van der Waals surface area (Å²) >= 11 is 0. The van der Waals surface area contributed by atoms with Crippen LogP contribution in [0.4, 0.5) is 13.2 Å². The van der Waals surface area contributed by atoms with Gasteiger partial charge in [0.05, 0.1) is 0 Å². The fraction of sp³-hybridized carbons (Fsp3) is 0.500. The maximum Gasteiger partial charge on any atom is 0.272 e. The lowest BCUT2D eigenvalue weighted by Crippen LogP contribution is -1.80. The number of hydrogen-bond donors (Lipinski definition) is 0. The highest BCUT2D eigenvalue weighted by Gasteiger charge is 1.96. The molecular formula is C2H2F3. The molecule has 31 valence electrons. The molecule has 0 heterocycles.